The zero-order valence-electron chi connectivity index (χ0n) is 77.9. The number of hydrogen-bond donors (Lipinski definition) is 9. The Morgan fingerprint density at radius 2 is 0.803 bits per heavy atom. The van der Waals surface area contributed by atoms with Crippen LogP contribution in [0.4, 0.5) is 26.7 Å². The number of H-pyrrole nitrogens is 6. The molecule has 0 saturated heterocycles. The van der Waals surface area contributed by atoms with Gasteiger partial charge in [-0.15, -0.1) is 8.78 Å². The van der Waals surface area contributed by atoms with Gasteiger partial charge in [0.25, 0.3) is 0 Å². The van der Waals surface area contributed by atoms with Crippen LogP contribution in [0.1, 0.15) is 93.9 Å². The summed E-state index contributed by atoms with van der Waals surface area (Å²) in [5.41, 5.74) is 23.7. The summed E-state index contributed by atoms with van der Waals surface area (Å²) in [6, 6.07) is 53.8. The van der Waals surface area contributed by atoms with Crippen LogP contribution in [0.3, 0.4) is 0 Å². The maximum atomic E-state index is 12.7. The van der Waals surface area contributed by atoms with E-state index in [2.05, 4.69) is 89.7 Å². The second-order valence-corrected chi connectivity index (χ2v) is 35.7. The zero-order valence-corrected chi connectivity index (χ0v) is 82.8. The van der Waals surface area contributed by atoms with E-state index in [4.69, 9.17) is 38.3 Å². The average molecular weight is 2070 g/mol. The number of rotatable bonds is 30. The Kier molecular flexibility index (Phi) is 48.2. The summed E-state index contributed by atoms with van der Waals surface area (Å²) < 4.78 is 101. The molecule has 1 unspecified atom stereocenters. The number of pyridine rings is 6. The predicted molar refractivity (Wildman–Crippen MR) is 550 cm³/mol. The van der Waals surface area contributed by atoms with Gasteiger partial charge in [-0.1, -0.05) is 127 Å². The van der Waals surface area contributed by atoms with Gasteiger partial charge in [0, 0.05) is 125 Å². The first-order chi connectivity index (χ1) is 65.8. The normalized spacial score (nSPS) is 10.8. The van der Waals surface area contributed by atoms with E-state index in [0.717, 1.165) is 200 Å². The minimum absolute atomic E-state index is 0. The molecular weight excluding hydrogens is 1960 g/mol. The van der Waals surface area contributed by atoms with Crippen molar-refractivity contribution in [2.45, 2.75) is 140 Å². The molecule has 6 aromatic carbocycles. The third-order valence-corrected chi connectivity index (χ3v) is 25.8. The van der Waals surface area contributed by atoms with Crippen LogP contribution in [0, 0.1) is 41.5 Å². The number of ether oxygens (including phenoxy) is 6. The number of fused-ring (bicyclic) bond motifs is 6. The molecule has 142 heavy (non-hydrogen) atoms. The molecule has 34 nitrogen and oxygen atoms in total. The first-order valence-electron chi connectivity index (χ1n) is 41.9. The molecule has 0 aliphatic rings. The molecule has 45 heteroatoms. The van der Waals surface area contributed by atoms with Crippen molar-refractivity contribution in [3.05, 3.63) is 286 Å². The average Bonchev–Trinajstić information content (AvgIpc) is 1.83. The monoisotopic (exact) mass is 2070 g/mol. The van der Waals surface area contributed by atoms with Crippen molar-refractivity contribution in [1.29, 1.82) is 0 Å². The van der Waals surface area contributed by atoms with E-state index in [1.807, 2.05) is 205 Å². The number of imidazole rings is 6. The lowest BCUT2D eigenvalue weighted by Crippen LogP contribution is -2.19. The number of hydrogen-bond acceptors (Lipinski definition) is 28. The van der Waals surface area contributed by atoms with Crippen LogP contribution in [0.25, 0.3) is 66.2 Å². The Balaban J connectivity index is 0.000000298. The maximum absolute atomic E-state index is 12.7. The molecule has 1 atom stereocenters. The van der Waals surface area contributed by atoms with E-state index in [1.54, 1.807) is 107 Å². The molecule has 0 saturated carbocycles. The van der Waals surface area contributed by atoms with E-state index in [-0.39, 0.29) is 67.6 Å². The van der Waals surface area contributed by atoms with Gasteiger partial charge in [0.05, 0.1) is 165 Å². The molecule has 19 N–H and O–H groups in total. The fourth-order valence-corrected chi connectivity index (χ4v) is 18.8. The second-order valence-electron chi connectivity index (χ2n) is 29.5. The molecular formula is C97H113F5N18O16S6. The van der Waals surface area contributed by atoms with Crippen molar-refractivity contribution in [3.8, 4) is 34.5 Å². The molecule has 0 aliphatic carbocycles. The number of aromatic nitrogens is 18. The number of methoxy groups -OCH3 is 4. The fraction of sp³-hybridized carbons (Fsp3) is 0.247. The van der Waals surface area contributed by atoms with E-state index in [0.29, 0.717) is 46.7 Å². The first-order valence-corrected chi connectivity index (χ1v) is 48.2. The number of aliphatic hydroxyl groups excluding tert-OH is 3. The van der Waals surface area contributed by atoms with Crippen molar-refractivity contribution in [2.24, 2.45) is 0 Å². The molecule has 12 heterocycles. The van der Waals surface area contributed by atoms with Gasteiger partial charge >= 0.3 is 12.5 Å². The third-order valence-electron chi connectivity index (χ3n) is 20.2. The summed E-state index contributed by atoms with van der Waals surface area (Å²) in [7, 11) is 5.18. The van der Waals surface area contributed by atoms with E-state index in [1.165, 1.54) is 24.0 Å². The maximum Gasteiger partial charge on any atom is 0.483 e. The van der Waals surface area contributed by atoms with Crippen LogP contribution in [0.5, 0.6) is 34.5 Å². The number of halogens is 5. The molecule has 0 fully saturated rings. The Morgan fingerprint density at radius 3 is 1.23 bits per heavy atom. The highest BCUT2D eigenvalue weighted by molar-refractivity contribution is 7.99. The van der Waals surface area contributed by atoms with Crippen LogP contribution >= 0.6 is 58.8 Å². The van der Waals surface area contributed by atoms with Gasteiger partial charge in [0.2, 0.25) is 0 Å². The van der Waals surface area contributed by atoms with Gasteiger partial charge in [-0.3, -0.25) is 34.1 Å². The number of carbonyl (C=O) groups excluding carboxylic acids is 1. The topological polar surface area (TPSA) is 557 Å². The highest BCUT2D eigenvalue weighted by Crippen LogP contribution is 2.35. The van der Waals surface area contributed by atoms with Crippen molar-refractivity contribution in [2.75, 3.05) is 48.3 Å². The van der Waals surface area contributed by atoms with Crippen molar-refractivity contribution in [3.63, 3.8) is 0 Å². The number of aromatic amines is 6. The molecule has 0 aliphatic heterocycles. The minimum Gasteiger partial charge on any atom is -0.497 e. The van der Waals surface area contributed by atoms with E-state index < -0.39 is 29.9 Å². The molecule has 18 aromatic rings. The van der Waals surface area contributed by atoms with Crippen molar-refractivity contribution in [1.82, 2.24) is 89.7 Å². The number of thioether (sulfide) groups is 5. The summed E-state index contributed by atoms with van der Waals surface area (Å²) >= 11 is 7.89. The lowest BCUT2D eigenvalue weighted by atomic mass is 10.1. The minimum atomic E-state index is -4.36. The van der Waals surface area contributed by atoms with Gasteiger partial charge < -0.3 is 101 Å². The number of para-hydroxylation sites is 8. The van der Waals surface area contributed by atoms with E-state index in [9.17, 15) is 36.4 Å². The van der Waals surface area contributed by atoms with Crippen LogP contribution in [0.2, 0.25) is 0 Å². The van der Waals surface area contributed by atoms with Gasteiger partial charge in [0.1, 0.15) is 34.5 Å². The lowest BCUT2D eigenvalue weighted by molar-refractivity contribution is -0.153. The molecule has 758 valence electrons. The number of nitrogens with one attached hydrogen (secondary N) is 6. The van der Waals surface area contributed by atoms with Gasteiger partial charge in [-0.2, -0.15) is 13.2 Å². The molecule has 0 spiro atoms. The summed E-state index contributed by atoms with van der Waals surface area (Å²) in [4.78, 5) is 80.7. The van der Waals surface area contributed by atoms with Crippen LogP contribution < -0.4 is 28.4 Å². The summed E-state index contributed by atoms with van der Waals surface area (Å²) in [6.07, 6.45) is 3.73. The Hall–Kier alpha value is -13.3. The number of aliphatic hydroxyl groups is 3. The van der Waals surface area contributed by atoms with Crippen LogP contribution in [-0.2, 0) is 58.5 Å². The predicted octanol–water partition coefficient (Wildman–Crippen LogP) is 17.9. The SMILES string of the molecule is C.COc1c(C)cnc(CSc2nc3ccc(CO)cc3[nH]2)c1C.COc1ccc2nc(S(=O)Cc3ncc(C)c(OC)c3C)[nH]c2c1.COc1ccnc(CSc2nc3ccccc3[nH]2)c1CO.Cc1c(OCC(F)(F)F)ccnc1CSc1nc2ccccc2[nH]1.Cc1c(OCCCO)ccnc1CSc1nc2ccccc2[nH]1.O.O.O.O.O.O=C(F)F.[HH].c1ccc(CSc2nc3ccccc3[nH]2)nc1. The summed E-state index contributed by atoms with van der Waals surface area (Å²) in [5, 5.41) is 32.2. The van der Waals surface area contributed by atoms with Gasteiger partial charge in [0.15, 0.2) is 37.5 Å². The van der Waals surface area contributed by atoms with Crippen molar-refractivity contribution < 1.29 is 104 Å². The first kappa shape index (κ1) is 117. The summed E-state index contributed by atoms with van der Waals surface area (Å²) in [5.74, 6) is 7.74. The largest absolute Gasteiger partial charge is 0.497 e. The number of alkyl halides is 3. The molecule has 12 aromatic heterocycles. The highest BCUT2D eigenvalue weighted by Gasteiger charge is 2.29. The smallest absolute Gasteiger partial charge is 0.483 e. The molecule has 18 rings (SSSR count). The standard InChI is InChI=1S/C17H19N3O3S.2C17H19N3O2S.C16H14F3N3OS.C15H15N3O2S.C13H11N3S.CF2O.CH4.5H2O.H2/c1-10-8-18-15(11(2)16(10)23-4)9-24(21)17-19-13-6-5-12(22-3)7-14(13)20-17;1-10-7-18-15(11(2)16(10)22-3)9-23-17-19-13-5-4-12(8-21)6-14(13)20-17;1-12-15(18-8-7-16(12)22-10-4-9-21)11-23-17-19-13-5-2-3-6-14(13)20-17;1-10-13(20-7-6-14(10)23-9-16(17,18)19)8-24-15-21-11-4-2-3-5-12(11)22-15;1-20-14-6-7-16-13(10(14)8-19)9-21-15-17-11-4-2-3-5-12(11)18-15;1-2-7-12-11(6-1)15-13(16-12)17-9-10-5-3-4-8-14-10;2-1(3)4;;;;;;;/h5-8H,9H2,1-4H3,(H,19,20);4-7,21H,8-9H2,1-3H3,(H,19,20);2-3,5-8,21H,4,9-11H2,1H3,(H,19,20);2-7H,8-9H2,1H3,(H,21,22);2-7,19H,8-9H2,1H3,(H,17,18);1-8H,9H2,(H,15,16);;1H4;5*1H2;1H. The highest BCUT2D eigenvalue weighted by atomic mass is 32.2. The molecule has 0 radical (unpaired) electrons. The quantitative estimate of drug-likeness (QED) is 0.00873. The van der Waals surface area contributed by atoms with Gasteiger partial charge in [-0.25, -0.2) is 34.7 Å². The van der Waals surface area contributed by atoms with Gasteiger partial charge in [-0.05, 0) is 150 Å². The van der Waals surface area contributed by atoms with E-state index >= 15 is 0 Å². The Bertz CT molecular complexity index is 6900. The Morgan fingerprint density at radius 1 is 0.408 bits per heavy atom. The molecule has 0 bridgehead atoms. The lowest BCUT2D eigenvalue weighted by Gasteiger charge is -2.13. The van der Waals surface area contributed by atoms with Crippen LogP contribution in [0.15, 0.2) is 238 Å². The number of carbonyl (C=O) groups is 1. The number of benzene rings is 6. The second kappa shape index (κ2) is 58.2. The zero-order chi connectivity index (χ0) is 96.6. The molecule has 0 amide bonds. The third kappa shape index (κ3) is 33.5. The number of nitrogens with zero attached hydrogens (tertiary/aromatic N) is 12. The summed E-state index contributed by atoms with van der Waals surface area (Å²) in [6.45, 7) is 10.9. The van der Waals surface area contributed by atoms with Crippen molar-refractivity contribution >= 4 is 142 Å². The fourth-order valence-electron chi connectivity index (χ4n) is 13.3. The Labute approximate surface area is 838 Å². The number of aryl methyl sites for hydroxylation is 2. The van der Waals surface area contributed by atoms with Crippen LogP contribution in [-0.4, -0.2) is 197 Å².